The van der Waals surface area contributed by atoms with Crippen molar-refractivity contribution < 1.29 is 19.0 Å². The summed E-state index contributed by atoms with van der Waals surface area (Å²) in [5.41, 5.74) is 2.16. The molecule has 1 N–H and O–H groups in total. The van der Waals surface area contributed by atoms with Gasteiger partial charge in [-0.3, -0.25) is 4.79 Å². The SMILES string of the molecule is COCCNC(=NCC(=O)N(C)C)N(C)Cc1cc(OC)c(OC)cc1C. The van der Waals surface area contributed by atoms with E-state index in [0.717, 1.165) is 11.1 Å². The van der Waals surface area contributed by atoms with E-state index in [1.54, 1.807) is 35.4 Å². The van der Waals surface area contributed by atoms with Crippen LogP contribution in [0, 0.1) is 6.92 Å². The van der Waals surface area contributed by atoms with Gasteiger partial charge in [-0.15, -0.1) is 0 Å². The number of methoxy groups -OCH3 is 3. The zero-order valence-corrected chi connectivity index (χ0v) is 17.5. The van der Waals surface area contributed by atoms with E-state index in [0.29, 0.717) is 37.2 Å². The first-order valence-electron chi connectivity index (χ1n) is 8.74. The van der Waals surface area contributed by atoms with E-state index in [2.05, 4.69) is 10.3 Å². The van der Waals surface area contributed by atoms with Crippen LogP contribution < -0.4 is 14.8 Å². The van der Waals surface area contributed by atoms with E-state index >= 15 is 0 Å². The molecule has 152 valence electrons. The minimum atomic E-state index is -0.0586. The predicted octanol–water partition coefficient (Wildman–Crippen LogP) is 1.12. The molecule has 0 bridgehead atoms. The minimum absolute atomic E-state index is 0.0586. The van der Waals surface area contributed by atoms with Crippen LogP contribution in [0.15, 0.2) is 17.1 Å². The van der Waals surface area contributed by atoms with Crippen molar-refractivity contribution in [3.8, 4) is 11.5 Å². The number of aliphatic imine (C=N–C) groups is 1. The zero-order chi connectivity index (χ0) is 20.4. The quantitative estimate of drug-likeness (QED) is 0.393. The maximum atomic E-state index is 11.9. The third-order valence-corrected chi connectivity index (χ3v) is 4.06. The molecule has 1 rings (SSSR count). The summed E-state index contributed by atoms with van der Waals surface area (Å²) in [6.07, 6.45) is 0. The first-order valence-corrected chi connectivity index (χ1v) is 8.74. The van der Waals surface area contributed by atoms with Crippen molar-refractivity contribution >= 4 is 11.9 Å². The molecule has 0 saturated heterocycles. The van der Waals surface area contributed by atoms with Crippen LogP contribution in [-0.2, 0) is 16.1 Å². The van der Waals surface area contributed by atoms with Crippen molar-refractivity contribution in [3.63, 3.8) is 0 Å². The molecule has 1 amide bonds. The molecule has 0 aliphatic rings. The molecule has 8 heteroatoms. The van der Waals surface area contributed by atoms with E-state index in [1.807, 2.05) is 31.0 Å². The highest BCUT2D eigenvalue weighted by molar-refractivity contribution is 5.84. The van der Waals surface area contributed by atoms with Gasteiger partial charge in [-0.05, 0) is 30.2 Å². The molecule has 0 aromatic heterocycles. The summed E-state index contributed by atoms with van der Waals surface area (Å²) in [5, 5.41) is 3.23. The topological polar surface area (TPSA) is 75.6 Å². The molecule has 27 heavy (non-hydrogen) atoms. The van der Waals surface area contributed by atoms with Crippen LogP contribution in [0.1, 0.15) is 11.1 Å². The highest BCUT2D eigenvalue weighted by Gasteiger charge is 2.13. The number of nitrogens with one attached hydrogen (secondary N) is 1. The Morgan fingerprint density at radius 2 is 1.74 bits per heavy atom. The van der Waals surface area contributed by atoms with Gasteiger partial charge in [0.25, 0.3) is 0 Å². The van der Waals surface area contributed by atoms with Crippen LogP contribution in [0.2, 0.25) is 0 Å². The largest absolute Gasteiger partial charge is 0.493 e. The Kier molecular flexibility index (Phi) is 9.42. The molecule has 1 aromatic carbocycles. The molecule has 8 nitrogen and oxygen atoms in total. The van der Waals surface area contributed by atoms with E-state index in [9.17, 15) is 4.79 Å². The smallest absolute Gasteiger partial charge is 0.243 e. The second kappa shape index (κ2) is 11.3. The fourth-order valence-corrected chi connectivity index (χ4v) is 2.38. The lowest BCUT2D eigenvalue weighted by Gasteiger charge is -2.24. The molecule has 0 spiro atoms. The average Bonchev–Trinajstić information content (AvgIpc) is 2.65. The van der Waals surface area contributed by atoms with Crippen molar-refractivity contribution in [2.45, 2.75) is 13.5 Å². The molecule has 0 fully saturated rings. The number of nitrogens with zero attached hydrogens (tertiary/aromatic N) is 3. The van der Waals surface area contributed by atoms with Crippen LogP contribution in [-0.4, -0.2) is 83.8 Å². The van der Waals surface area contributed by atoms with Gasteiger partial charge in [-0.1, -0.05) is 0 Å². The Labute approximate surface area is 162 Å². The average molecular weight is 380 g/mol. The molecule has 0 atom stereocenters. The molecule has 0 saturated carbocycles. The number of hydrogen-bond donors (Lipinski definition) is 1. The number of guanidine groups is 1. The number of ether oxygens (including phenoxy) is 3. The van der Waals surface area contributed by atoms with Crippen LogP contribution in [0.4, 0.5) is 0 Å². The van der Waals surface area contributed by atoms with E-state index in [4.69, 9.17) is 14.2 Å². The van der Waals surface area contributed by atoms with Gasteiger partial charge in [0.15, 0.2) is 17.5 Å². The van der Waals surface area contributed by atoms with Crippen LogP contribution >= 0.6 is 0 Å². The van der Waals surface area contributed by atoms with Gasteiger partial charge in [-0.2, -0.15) is 0 Å². The van der Waals surface area contributed by atoms with Crippen LogP contribution in [0.25, 0.3) is 0 Å². The van der Waals surface area contributed by atoms with Gasteiger partial charge >= 0.3 is 0 Å². The van der Waals surface area contributed by atoms with Gasteiger partial charge in [-0.25, -0.2) is 4.99 Å². The zero-order valence-electron chi connectivity index (χ0n) is 17.5. The molecular formula is C19H32N4O4. The third kappa shape index (κ3) is 6.97. The van der Waals surface area contributed by atoms with Crippen molar-refractivity contribution in [2.75, 3.05) is 62.2 Å². The summed E-state index contributed by atoms with van der Waals surface area (Å²) in [7, 11) is 10.2. The summed E-state index contributed by atoms with van der Waals surface area (Å²) in [6, 6.07) is 3.91. The normalized spacial score (nSPS) is 11.1. The number of benzene rings is 1. The Hall–Kier alpha value is -2.48. The summed E-state index contributed by atoms with van der Waals surface area (Å²) in [4.78, 5) is 19.8. The lowest BCUT2D eigenvalue weighted by molar-refractivity contribution is -0.127. The number of hydrogen-bond acceptors (Lipinski definition) is 5. The van der Waals surface area contributed by atoms with E-state index in [1.165, 1.54) is 4.90 Å². The summed E-state index contributed by atoms with van der Waals surface area (Å²) < 4.78 is 15.8. The van der Waals surface area contributed by atoms with Gasteiger partial charge in [0.05, 0.1) is 20.8 Å². The number of amides is 1. The molecule has 1 aromatic rings. The molecule has 0 unspecified atom stereocenters. The number of carbonyl (C=O) groups is 1. The predicted molar refractivity (Wildman–Crippen MR) is 107 cm³/mol. The first kappa shape index (κ1) is 22.6. The Bertz CT molecular complexity index is 647. The summed E-state index contributed by atoms with van der Waals surface area (Å²) in [5.74, 6) is 1.96. The Morgan fingerprint density at radius 3 is 2.30 bits per heavy atom. The lowest BCUT2D eigenvalue weighted by atomic mass is 10.1. The van der Waals surface area contributed by atoms with Gasteiger partial charge in [0.1, 0.15) is 6.54 Å². The number of aryl methyl sites for hydroxylation is 1. The standard InChI is InChI=1S/C19H32N4O4/c1-14-10-16(26-6)17(27-7)11-15(14)13-23(4)19(20-8-9-25-5)21-12-18(24)22(2)3/h10-11H,8-9,12-13H2,1-7H3,(H,20,21). The molecule has 0 aliphatic carbocycles. The molecule has 0 heterocycles. The number of rotatable bonds is 9. The Balaban J connectivity index is 2.99. The highest BCUT2D eigenvalue weighted by atomic mass is 16.5. The second-order valence-corrected chi connectivity index (χ2v) is 6.34. The fourth-order valence-electron chi connectivity index (χ4n) is 2.38. The molecule has 0 radical (unpaired) electrons. The van der Waals surface area contributed by atoms with Gasteiger partial charge in [0, 0.05) is 41.3 Å². The van der Waals surface area contributed by atoms with Crippen LogP contribution in [0.5, 0.6) is 11.5 Å². The monoisotopic (exact) mass is 380 g/mol. The van der Waals surface area contributed by atoms with E-state index in [-0.39, 0.29) is 12.5 Å². The van der Waals surface area contributed by atoms with Gasteiger partial charge in [0.2, 0.25) is 5.91 Å². The highest BCUT2D eigenvalue weighted by Crippen LogP contribution is 2.30. The molecule has 0 aliphatic heterocycles. The number of carbonyl (C=O) groups excluding carboxylic acids is 1. The van der Waals surface area contributed by atoms with Crippen molar-refractivity contribution in [1.29, 1.82) is 0 Å². The van der Waals surface area contributed by atoms with Gasteiger partial charge < -0.3 is 29.3 Å². The minimum Gasteiger partial charge on any atom is -0.493 e. The maximum Gasteiger partial charge on any atom is 0.243 e. The summed E-state index contributed by atoms with van der Waals surface area (Å²) >= 11 is 0. The second-order valence-electron chi connectivity index (χ2n) is 6.34. The van der Waals surface area contributed by atoms with Crippen molar-refractivity contribution in [1.82, 2.24) is 15.1 Å². The number of likely N-dealkylation sites (N-methyl/N-ethyl adjacent to an activating group) is 1. The Morgan fingerprint density at radius 1 is 1.11 bits per heavy atom. The fraction of sp³-hybridized carbons (Fsp3) is 0.579. The summed E-state index contributed by atoms with van der Waals surface area (Å²) in [6.45, 7) is 3.85. The van der Waals surface area contributed by atoms with Crippen LogP contribution in [0.3, 0.4) is 0 Å². The van der Waals surface area contributed by atoms with Crippen molar-refractivity contribution in [3.05, 3.63) is 23.3 Å². The van der Waals surface area contributed by atoms with E-state index < -0.39 is 0 Å². The maximum absolute atomic E-state index is 11.9. The lowest BCUT2D eigenvalue weighted by Crippen LogP contribution is -2.41. The molecular weight excluding hydrogens is 348 g/mol. The third-order valence-electron chi connectivity index (χ3n) is 4.06. The first-order chi connectivity index (χ1) is 12.8. The van der Waals surface area contributed by atoms with Crippen molar-refractivity contribution in [2.24, 2.45) is 4.99 Å².